The molecule has 2 N–H and O–H groups in total. The van der Waals surface area contributed by atoms with Gasteiger partial charge in [-0.1, -0.05) is 18.2 Å². The Morgan fingerprint density at radius 3 is 2.64 bits per heavy atom. The number of nitrogens with one attached hydrogen (secondary N) is 2. The van der Waals surface area contributed by atoms with E-state index in [4.69, 9.17) is 9.47 Å². The van der Waals surface area contributed by atoms with Crippen molar-refractivity contribution >= 4 is 11.9 Å². The summed E-state index contributed by atoms with van der Waals surface area (Å²) in [5.41, 5.74) is 1.62. The van der Waals surface area contributed by atoms with E-state index in [2.05, 4.69) is 15.7 Å². The highest BCUT2D eigenvalue weighted by molar-refractivity contribution is 5.81. The van der Waals surface area contributed by atoms with Crippen LogP contribution < -0.4 is 20.1 Å². The molecule has 0 spiro atoms. The highest BCUT2D eigenvalue weighted by atomic mass is 16.5. The van der Waals surface area contributed by atoms with E-state index < -0.39 is 0 Å². The number of aromatic nitrogens is 2. The van der Waals surface area contributed by atoms with Crippen molar-refractivity contribution in [3.05, 3.63) is 72.6 Å². The molecule has 3 amide bonds. The molecule has 1 atom stereocenters. The molecule has 9 heteroatoms. The Bertz CT molecular complexity index is 1070. The van der Waals surface area contributed by atoms with Crippen molar-refractivity contribution in [1.29, 1.82) is 0 Å². The van der Waals surface area contributed by atoms with Gasteiger partial charge in [0.2, 0.25) is 5.91 Å². The van der Waals surface area contributed by atoms with Gasteiger partial charge in [-0.15, -0.1) is 0 Å². The first-order chi connectivity index (χ1) is 16.1. The molecule has 3 aromatic rings. The maximum absolute atomic E-state index is 12.3. The summed E-state index contributed by atoms with van der Waals surface area (Å²) in [6.07, 6.45) is 2.12. The number of urea groups is 1. The molecule has 0 radical (unpaired) electrons. The van der Waals surface area contributed by atoms with Gasteiger partial charge in [0.15, 0.2) is 0 Å². The molecule has 1 aliphatic rings. The van der Waals surface area contributed by atoms with Crippen molar-refractivity contribution < 1.29 is 19.1 Å². The van der Waals surface area contributed by atoms with Crippen LogP contribution in [0, 0.1) is 0 Å². The Balaban J connectivity index is 1.19. The number of amides is 3. The molecule has 2 aromatic carbocycles. The van der Waals surface area contributed by atoms with Crippen molar-refractivity contribution in [2.24, 2.45) is 0 Å². The van der Waals surface area contributed by atoms with Gasteiger partial charge in [0.1, 0.15) is 18.1 Å². The number of carbonyl (C=O) groups excluding carboxylic acids is 2. The summed E-state index contributed by atoms with van der Waals surface area (Å²) in [7, 11) is 1.62. The fourth-order valence-corrected chi connectivity index (χ4v) is 3.62. The van der Waals surface area contributed by atoms with Crippen LogP contribution in [0.5, 0.6) is 11.5 Å². The topological polar surface area (TPSA) is 97.7 Å². The average molecular weight is 450 g/mol. The van der Waals surface area contributed by atoms with E-state index in [1.165, 1.54) is 0 Å². The fourth-order valence-electron chi connectivity index (χ4n) is 3.62. The average Bonchev–Trinajstić information content (AvgIpc) is 3.45. The molecule has 1 unspecified atom stereocenters. The van der Waals surface area contributed by atoms with Crippen LogP contribution in [0.3, 0.4) is 0 Å². The summed E-state index contributed by atoms with van der Waals surface area (Å²) in [4.78, 5) is 26.3. The van der Waals surface area contributed by atoms with Crippen molar-refractivity contribution in [3.63, 3.8) is 0 Å². The molecule has 1 aromatic heterocycles. The zero-order chi connectivity index (χ0) is 23.0. The van der Waals surface area contributed by atoms with Crippen LogP contribution in [0.4, 0.5) is 4.79 Å². The number of likely N-dealkylation sites (tertiary alicyclic amines) is 1. The summed E-state index contributed by atoms with van der Waals surface area (Å²) in [6.45, 7) is 1.64. The second-order valence-corrected chi connectivity index (χ2v) is 7.68. The van der Waals surface area contributed by atoms with E-state index in [1.807, 2.05) is 66.9 Å². The molecule has 172 valence electrons. The molecule has 2 heterocycles. The number of hydrogen-bond acceptors (Lipinski definition) is 5. The van der Waals surface area contributed by atoms with Crippen LogP contribution in [0.15, 0.2) is 66.9 Å². The summed E-state index contributed by atoms with van der Waals surface area (Å²) in [5.74, 6) is 1.56. The lowest BCUT2D eigenvalue weighted by atomic mass is 10.2. The number of benzene rings is 2. The van der Waals surface area contributed by atoms with E-state index in [9.17, 15) is 9.59 Å². The Kier molecular flexibility index (Phi) is 7.09. The van der Waals surface area contributed by atoms with Crippen LogP contribution in [0.25, 0.3) is 5.69 Å². The monoisotopic (exact) mass is 449 g/mol. The Hall–Kier alpha value is -4.01. The van der Waals surface area contributed by atoms with Gasteiger partial charge in [-0.05, 0) is 42.5 Å². The first kappa shape index (κ1) is 22.2. The molecular formula is C24H27N5O4. The highest BCUT2D eigenvalue weighted by Crippen LogP contribution is 2.15. The normalized spacial score (nSPS) is 15.4. The third-order valence-electron chi connectivity index (χ3n) is 5.33. The number of methoxy groups -OCH3 is 1. The fraction of sp³-hybridized carbons (Fsp3) is 0.292. The minimum atomic E-state index is -0.325. The van der Waals surface area contributed by atoms with Crippen LogP contribution in [-0.2, 0) is 11.3 Å². The Morgan fingerprint density at radius 1 is 1.09 bits per heavy atom. The van der Waals surface area contributed by atoms with E-state index in [-0.39, 0.29) is 30.9 Å². The standard InChI is InChI=1S/C24H27N5O4/c1-32-21-9-7-20(8-10-21)29-12-11-18(27-29)16-25-24(31)26-19-15-23(30)28(17-19)13-14-33-22-5-3-2-4-6-22/h2-12,19H,13-17H2,1H3,(H2,25,26,31). The third kappa shape index (κ3) is 6.03. The molecule has 9 nitrogen and oxygen atoms in total. The number of carbonyl (C=O) groups is 2. The zero-order valence-electron chi connectivity index (χ0n) is 18.4. The van der Waals surface area contributed by atoms with Gasteiger partial charge in [0.05, 0.1) is 37.6 Å². The predicted molar refractivity (Wildman–Crippen MR) is 122 cm³/mol. The second kappa shape index (κ2) is 10.5. The van der Waals surface area contributed by atoms with Gasteiger partial charge >= 0.3 is 6.03 Å². The van der Waals surface area contributed by atoms with E-state index in [0.29, 0.717) is 19.7 Å². The van der Waals surface area contributed by atoms with Crippen molar-refractivity contribution in [3.8, 4) is 17.2 Å². The van der Waals surface area contributed by atoms with Crippen molar-refractivity contribution in [2.45, 2.75) is 19.0 Å². The highest BCUT2D eigenvalue weighted by Gasteiger charge is 2.30. The van der Waals surface area contributed by atoms with Gasteiger partial charge in [-0.25, -0.2) is 9.48 Å². The predicted octanol–water partition coefficient (Wildman–Crippen LogP) is 2.36. The first-order valence-corrected chi connectivity index (χ1v) is 10.8. The lowest BCUT2D eigenvalue weighted by Gasteiger charge is -2.17. The molecule has 4 rings (SSSR count). The van der Waals surface area contributed by atoms with Crippen LogP contribution in [-0.4, -0.2) is 59.5 Å². The molecule has 0 aliphatic carbocycles. The van der Waals surface area contributed by atoms with Crippen molar-refractivity contribution in [1.82, 2.24) is 25.3 Å². The van der Waals surface area contributed by atoms with E-state index in [1.54, 1.807) is 16.7 Å². The first-order valence-electron chi connectivity index (χ1n) is 10.8. The van der Waals surface area contributed by atoms with Gasteiger partial charge < -0.3 is 25.0 Å². The molecule has 1 saturated heterocycles. The van der Waals surface area contributed by atoms with Crippen LogP contribution in [0.1, 0.15) is 12.1 Å². The Morgan fingerprint density at radius 2 is 1.88 bits per heavy atom. The van der Waals surface area contributed by atoms with Gasteiger partial charge in [0, 0.05) is 19.2 Å². The molecule has 0 bridgehead atoms. The zero-order valence-corrected chi connectivity index (χ0v) is 18.4. The SMILES string of the molecule is COc1ccc(-n2ccc(CNC(=O)NC3CC(=O)N(CCOc4ccccc4)C3)n2)cc1. The number of nitrogens with zero attached hydrogens (tertiary/aromatic N) is 3. The maximum Gasteiger partial charge on any atom is 0.315 e. The molecular weight excluding hydrogens is 422 g/mol. The number of rotatable bonds is 9. The minimum Gasteiger partial charge on any atom is -0.497 e. The second-order valence-electron chi connectivity index (χ2n) is 7.68. The molecule has 1 fully saturated rings. The summed E-state index contributed by atoms with van der Waals surface area (Å²) in [5, 5.41) is 10.1. The summed E-state index contributed by atoms with van der Waals surface area (Å²) in [6, 6.07) is 18.3. The van der Waals surface area contributed by atoms with Gasteiger partial charge in [0.25, 0.3) is 0 Å². The third-order valence-corrected chi connectivity index (χ3v) is 5.33. The lowest BCUT2D eigenvalue weighted by molar-refractivity contribution is -0.128. The maximum atomic E-state index is 12.3. The van der Waals surface area contributed by atoms with Gasteiger partial charge in [-0.2, -0.15) is 5.10 Å². The largest absolute Gasteiger partial charge is 0.497 e. The minimum absolute atomic E-state index is 0.00944. The van der Waals surface area contributed by atoms with Crippen LogP contribution in [0.2, 0.25) is 0 Å². The number of hydrogen-bond donors (Lipinski definition) is 2. The molecule has 0 saturated carbocycles. The number of ether oxygens (including phenoxy) is 2. The molecule has 33 heavy (non-hydrogen) atoms. The quantitative estimate of drug-likeness (QED) is 0.523. The van der Waals surface area contributed by atoms with E-state index >= 15 is 0 Å². The molecule has 1 aliphatic heterocycles. The Labute approximate surface area is 192 Å². The summed E-state index contributed by atoms with van der Waals surface area (Å²) >= 11 is 0. The smallest absolute Gasteiger partial charge is 0.315 e. The number of para-hydroxylation sites is 1. The van der Waals surface area contributed by atoms with Gasteiger partial charge in [-0.3, -0.25) is 4.79 Å². The lowest BCUT2D eigenvalue weighted by Crippen LogP contribution is -2.43. The van der Waals surface area contributed by atoms with E-state index in [0.717, 1.165) is 22.9 Å². The van der Waals surface area contributed by atoms with Crippen molar-refractivity contribution in [2.75, 3.05) is 26.8 Å². The summed E-state index contributed by atoms with van der Waals surface area (Å²) < 4.78 is 12.6. The van der Waals surface area contributed by atoms with Crippen LogP contribution >= 0.6 is 0 Å².